The lowest BCUT2D eigenvalue weighted by Gasteiger charge is -2.28. The van der Waals surface area contributed by atoms with Crippen LogP contribution in [0.1, 0.15) is 31.9 Å². The second-order valence-electron chi connectivity index (χ2n) is 8.25. The Morgan fingerprint density at radius 1 is 0.968 bits per heavy atom. The van der Waals surface area contributed by atoms with Gasteiger partial charge in [-0.2, -0.15) is 0 Å². The molecule has 2 aromatic rings. The molecule has 0 fully saturated rings. The van der Waals surface area contributed by atoms with E-state index in [0.29, 0.717) is 18.8 Å². The van der Waals surface area contributed by atoms with E-state index in [1.165, 1.54) is 0 Å². The van der Waals surface area contributed by atoms with Crippen molar-refractivity contribution in [2.45, 2.75) is 51.8 Å². The molecule has 2 atom stereocenters. The Morgan fingerprint density at radius 3 is 1.97 bits per heavy atom. The van der Waals surface area contributed by atoms with Crippen LogP contribution in [0.25, 0.3) is 0 Å². The topological polar surface area (TPSA) is 77.0 Å². The first-order valence-electron chi connectivity index (χ1n) is 10.3. The lowest BCUT2D eigenvalue weighted by molar-refractivity contribution is -0.0894. The number of hydrogen-bond acceptors (Lipinski definition) is 5. The van der Waals surface area contributed by atoms with E-state index in [4.69, 9.17) is 14.2 Å². The first kappa shape index (κ1) is 24.6. The molecular formula is C25H33NO5. The Kier molecular flexibility index (Phi) is 9.72. The number of ether oxygens (including phenoxy) is 3. The molecule has 0 unspecified atom stereocenters. The van der Waals surface area contributed by atoms with Crippen molar-refractivity contribution in [2.75, 3.05) is 13.2 Å². The fourth-order valence-electron chi connectivity index (χ4n) is 2.86. The molecule has 0 radical (unpaired) electrons. The number of carbonyl (C=O) groups excluding carboxylic acids is 1. The summed E-state index contributed by atoms with van der Waals surface area (Å²) >= 11 is 0. The monoisotopic (exact) mass is 427 g/mol. The molecule has 6 nitrogen and oxygen atoms in total. The number of rotatable bonds is 11. The number of aliphatic hydroxyl groups excluding tert-OH is 1. The molecule has 2 aromatic carbocycles. The third-order valence-electron chi connectivity index (χ3n) is 4.36. The molecule has 31 heavy (non-hydrogen) atoms. The molecular weight excluding hydrogens is 394 g/mol. The van der Waals surface area contributed by atoms with Gasteiger partial charge in [-0.1, -0.05) is 67.2 Å². The van der Waals surface area contributed by atoms with Crippen molar-refractivity contribution in [1.29, 1.82) is 0 Å². The highest BCUT2D eigenvalue weighted by atomic mass is 16.6. The van der Waals surface area contributed by atoms with Gasteiger partial charge in [-0.05, 0) is 37.5 Å². The summed E-state index contributed by atoms with van der Waals surface area (Å²) in [5.74, 6) is 0. The Bertz CT molecular complexity index is 802. The highest BCUT2D eigenvalue weighted by Crippen LogP contribution is 2.17. The predicted molar refractivity (Wildman–Crippen MR) is 121 cm³/mol. The van der Waals surface area contributed by atoms with Gasteiger partial charge in [-0.15, -0.1) is 0 Å². The maximum atomic E-state index is 12.0. The van der Waals surface area contributed by atoms with Crippen molar-refractivity contribution in [3.05, 3.63) is 83.9 Å². The minimum absolute atomic E-state index is 0.138. The second kappa shape index (κ2) is 12.2. The van der Waals surface area contributed by atoms with Crippen LogP contribution in [-0.2, 0) is 27.4 Å². The standard InChI is InChI=1S/C25H33NO5/c1-19(15-26-24(28)31-25(2,3)4)23(30-18-21-13-9-6-10-14-21)22(16-27)29-17-20-11-7-5-8-12-20/h5-14,22-23,27H,1,15-18H2,2-4H3,(H,26,28)/t22-,23+/m1/s1. The number of carbonyl (C=O) groups is 1. The van der Waals surface area contributed by atoms with E-state index in [9.17, 15) is 9.90 Å². The summed E-state index contributed by atoms with van der Waals surface area (Å²) in [6.07, 6.45) is -1.80. The summed E-state index contributed by atoms with van der Waals surface area (Å²) < 4.78 is 17.3. The summed E-state index contributed by atoms with van der Waals surface area (Å²) in [6.45, 7) is 10.00. The van der Waals surface area contributed by atoms with Gasteiger partial charge in [0.15, 0.2) is 0 Å². The van der Waals surface area contributed by atoms with Gasteiger partial charge in [-0.25, -0.2) is 4.79 Å². The number of aliphatic hydroxyl groups is 1. The molecule has 0 spiro atoms. The van der Waals surface area contributed by atoms with E-state index in [0.717, 1.165) is 11.1 Å². The molecule has 6 heteroatoms. The van der Waals surface area contributed by atoms with Gasteiger partial charge in [0.25, 0.3) is 0 Å². The van der Waals surface area contributed by atoms with Gasteiger partial charge in [0.2, 0.25) is 0 Å². The highest BCUT2D eigenvalue weighted by Gasteiger charge is 2.26. The maximum absolute atomic E-state index is 12.0. The van der Waals surface area contributed by atoms with Gasteiger partial charge < -0.3 is 24.6 Å². The average molecular weight is 428 g/mol. The molecule has 2 rings (SSSR count). The van der Waals surface area contributed by atoms with Crippen LogP contribution >= 0.6 is 0 Å². The van der Waals surface area contributed by atoms with Crippen molar-refractivity contribution >= 4 is 6.09 Å². The van der Waals surface area contributed by atoms with E-state index in [-0.39, 0.29) is 13.2 Å². The Morgan fingerprint density at radius 2 is 1.48 bits per heavy atom. The fraction of sp³-hybridized carbons (Fsp3) is 0.400. The largest absolute Gasteiger partial charge is 0.444 e. The van der Waals surface area contributed by atoms with E-state index < -0.39 is 23.9 Å². The van der Waals surface area contributed by atoms with Crippen LogP contribution < -0.4 is 5.32 Å². The number of amides is 1. The van der Waals surface area contributed by atoms with E-state index in [1.54, 1.807) is 20.8 Å². The Labute approximate surface area is 184 Å². The lowest BCUT2D eigenvalue weighted by atomic mass is 10.1. The third kappa shape index (κ3) is 9.34. The van der Waals surface area contributed by atoms with Crippen LogP contribution in [0.5, 0.6) is 0 Å². The van der Waals surface area contributed by atoms with E-state index in [1.807, 2.05) is 60.7 Å². The molecule has 0 bridgehead atoms. The highest BCUT2D eigenvalue weighted by molar-refractivity contribution is 5.68. The summed E-state index contributed by atoms with van der Waals surface area (Å²) in [4.78, 5) is 12.0. The Balaban J connectivity index is 2.04. The number of hydrogen-bond donors (Lipinski definition) is 2. The average Bonchev–Trinajstić information content (AvgIpc) is 2.74. The molecule has 0 heterocycles. The third-order valence-corrected chi connectivity index (χ3v) is 4.36. The fourth-order valence-corrected chi connectivity index (χ4v) is 2.86. The zero-order valence-corrected chi connectivity index (χ0v) is 18.5. The SMILES string of the molecule is C=C(CNC(=O)OC(C)(C)C)[C@H](OCc1ccccc1)[C@@H](CO)OCc1ccccc1. The normalized spacial score (nSPS) is 13.3. The molecule has 0 aliphatic rings. The number of nitrogens with one attached hydrogen (secondary N) is 1. The smallest absolute Gasteiger partial charge is 0.407 e. The van der Waals surface area contributed by atoms with E-state index >= 15 is 0 Å². The van der Waals surface area contributed by atoms with Crippen LogP contribution in [0.2, 0.25) is 0 Å². The molecule has 0 saturated carbocycles. The summed E-state index contributed by atoms with van der Waals surface area (Å²) in [5.41, 5.74) is 1.95. The molecule has 168 valence electrons. The molecule has 2 N–H and O–H groups in total. The molecule has 1 amide bonds. The second-order valence-corrected chi connectivity index (χ2v) is 8.25. The van der Waals surface area contributed by atoms with Gasteiger partial charge in [-0.3, -0.25) is 0 Å². The van der Waals surface area contributed by atoms with Crippen LogP contribution in [-0.4, -0.2) is 42.2 Å². The van der Waals surface area contributed by atoms with Crippen molar-refractivity contribution in [1.82, 2.24) is 5.32 Å². The minimum Gasteiger partial charge on any atom is -0.444 e. The Hall–Kier alpha value is -2.67. The lowest BCUT2D eigenvalue weighted by Crippen LogP contribution is -2.40. The zero-order chi connectivity index (χ0) is 22.7. The first-order valence-corrected chi connectivity index (χ1v) is 10.3. The zero-order valence-electron chi connectivity index (χ0n) is 18.5. The summed E-state index contributed by atoms with van der Waals surface area (Å²) in [5, 5.41) is 12.7. The van der Waals surface area contributed by atoms with Crippen molar-refractivity contribution in [3.63, 3.8) is 0 Å². The predicted octanol–water partition coefficient (Wildman–Crippen LogP) is 4.23. The number of alkyl carbamates (subject to hydrolysis) is 1. The van der Waals surface area contributed by atoms with Gasteiger partial charge >= 0.3 is 6.09 Å². The molecule has 0 aromatic heterocycles. The van der Waals surface area contributed by atoms with Crippen molar-refractivity contribution in [2.24, 2.45) is 0 Å². The van der Waals surface area contributed by atoms with Gasteiger partial charge in [0, 0.05) is 6.54 Å². The maximum Gasteiger partial charge on any atom is 0.407 e. The molecule has 0 aliphatic heterocycles. The van der Waals surface area contributed by atoms with Crippen LogP contribution in [0, 0.1) is 0 Å². The summed E-state index contributed by atoms with van der Waals surface area (Å²) in [6, 6.07) is 19.4. The molecule has 0 saturated heterocycles. The molecule has 0 aliphatic carbocycles. The van der Waals surface area contributed by atoms with Gasteiger partial charge in [0.05, 0.1) is 19.8 Å². The summed E-state index contributed by atoms with van der Waals surface area (Å²) in [7, 11) is 0. The van der Waals surface area contributed by atoms with Crippen LogP contribution in [0.4, 0.5) is 4.79 Å². The van der Waals surface area contributed by atoms with Crippen molar-refractivity contribution in [3.8, 4) is 0 Å². The minimum atomic E-state index is -0.642. The van der Waals surface area contributed by atoms with Crippen molar-refractivity contribution < 1.29 is 24.1 Å². The quantitative estimate of drug-likeness (QED) is 0.525. The number of benzene rings is 2. The first-order chi connectivity index (χ1) is 14.8. The van der Waals surface area contributed by atoms with Crippen LogP contribution in [0.15, 0.2) is 72.8 Å². The van der Waals surface area contributed by atoms with Gasteiger partial charge in [0.1, 0.15) is 17.8 Å². The van der Waals surface area contributed by atoms with Crippen LogP contribution in [0.3, 0.4) is 0 Å². The van der Waals surface area contributed by atoms with E-state index in [2.05, 4.69) is 11.9 Å².